The van der Waals surface area contributed by atoms with Gasteiger partial charge in [-0.2, -0.15) is 0 Å². The fourth-order valence-corrected chi connectivity index (χ4v) is 3.77. The van der Waals surface area contributed by atoms with Gasteiger partial charge in [-0.1, -0.05) is 12.8 Å². The number of nitrogens with zero attached hydrogens (tertiary/aromatic N) is 1. The van der Waals surface area contributed by atoms with Crippen LogP contribution < -0.4 is 16.0 Å². The molecule has 7 nitrogen and oxygen atoms in total. The molecular weight excluding hydrogens is 284 g/mol. The summed E-state index contributed by atoms with van der Waals surface area (Å²) in [6.45, 7) is 2.81. The van der Waals surface area contributed by atoms with Crippen LogP contribution in [0.15, 0.2) is 0 Å². The van der Waals surface area contributed by atoms with E-state index in [0.29, 0.717) is 12.8 Å². The first-order valence-electron chi connectivity index (χ1n) is 8.19. The van der Waals surface area contributed by atoms with Crippen LogP contribution in [0.5, 0.6) is 0 Å². The predicted octanol–water partition coefficient (Wildman–Crippen LogP) is 0.108. The monoisotopic (exact) mass is 308 g/mol. The maximum absolute atomic E-state index is 12.5. The van der Waals surface area contributed by atoms with Crippen molar-refractivity contribution in [2.75, 3.05) is 13.1 Å². The summed E-state index contributed by atoms with van der Waals surface area (Å²) in [4.78, 5) is 37.8. The number of carbonyl (C=O) groups is 3. The highest BCUT2D eigenvalue weighted by atomic mass is 16.2. The molecule has 2 atom stereocenters. The highest BCUT2D eigenvalue weighted by Crippen LogP contribution is 2.34. The Bertz CT molecular complexity index is 487. The fraction of sp³-hybridized carbons (Fsp3) is 0.800. The van der Waals surface area contributed by atoms with Crippen LogP contribution in [0.4, 0.5) is 4.79 Å². The van der Waals surface area contributed by atoms with Gasteiger partial charge in [-0.25, -0.2) is 4.79 Å². The van der Waals surface area contributed by atoms with E-state index in [2.05, 4.69) is 16.0 Å². The van der Waals surface area contributed by atoms with Crippen LogP contribution in [-0.4, -0.2) is 53.5 Å². The molecule has 2 aliphatic heterocycles. The standard InChI is InChI=1S/C15H24N4O3/c1-10-11(5-4-8-16-10)17-12(20)9-19-13(21)15(18-14(19)22)6-2-3-7-15/h10-11,16H,2-9H2,1H3,(H,17,20)(H,18,22). The minimum absolute atomic E-state index is 0.0578. The zero-order chi connectivity index (χ0) is 15.7. The molecule has 3 N–H and O–H groups in total. The molecule has 122 valence electrons. The van der Waals surface area contributed by atoms with Crippen molar-refractivity contribution < 1.29 is 14.4 Å². The summed E-state index contributed by atoms with van der Waals surface area (Å²) in [6.07, 6.45) is 5.18. The number of imide groups is 1. The van der Waals surface area contributed by atoms with Crippen LogP contribution in [0.2, 0.25) is 0 Å². The maximum Gasteiger partial charge on any atom is 0.325 e. The van der Waals surface area contributed by atoms with E-state index in [1.54, 1.807) is 0 Å². The second kappa shape index (κ2) is 5.87. The molecule has 3 rings (SSSR count). The van der Waals surface area contributed by atoms with Gasteiger partial charge in [0.2, 0.25) is 5.91 Å². The van der Waals surface area contributed by atoms with E-state index in [9.17, 15) is 14.4 Å². The van der Waals surface area contributed by atoms with E-state index in [0.717, 1.165) is 37.1 Å². The highest BCUT2D eigenvalue weighted by Gasteiger charge is 2.52. The number of hydrogen-bond acceptors (Lipinski definition) is 4. The van der Waals surface area contributed by atoms with Crippen LogP contribution >= 0.6 is 0 Å². The Balaban J connectivity index is 1.59. The second-order valence-electron chi connectivity index (χ2n) is 6.67. The summed E-state index contributed by atoms with van der Waals surface area (Å²) in [5.41, 5.74) is -0.739. The SMILES string of the molecule is CC1NCCCC1NC(=O)CN1C(=O)NC2(CCCC2)C1=O. The van der Waals surface area contributed by atoms with Gasteiger partial charge in [0.1, 0.15) is 12.1 Å². The van der Waals surface area contributed by atoms with Crippen molar-refractivity contribution in [2.24, 2.45) is 0 Å². The number of urea groups is 1. The van der Waals surface area contributed by atoms with Crippen LogP contribution in [0.25, 0.3) is 0 Å². The molecule has 1 saturated carbocycles. The van der Waals surface area contributed by atoms with Gasteiger partial charge in [0, 0.05) is 12.1 Å². The second-order valence-corrected chi connectivity index (χ2v) is 6.67. The van der Waals surface area contributed by atoms with Crippen molar-refractivity contribution in [1.82, 2.24) is 20.9 Å². The molecule has 1 spiro atoms. The van der Waals surface area contributed by atoms with Crippen molar-refractivity contribution >= 4 is 17.8 Å². The Morgan fingerprint density at radius 3 is 2.73 bits per heavy atom. The van der Waals surface area contributed by atoms with Gasteiger partial charge >= 0.3 is 6.03 Å². The molecule has 2 saturated heterocycles. The molecule has 1 aliphatic carbocycles. The zero-order valence-electron chi connectivity index (χ0n) is 13.0. The van der Waals surface area contributed by atoms with E-state index < -0.39 is 11.6 Å². The highest BCUT2D eigenvalue weighted by molar-refractivity contribution is 6.09. The van der Waals surface area contributed by atoms with Gasteiger partial charge in [0.15, 0.2) is 0 Å². The lowest BCUT2D eigenvalue weighted by Gasteiger charge is -2.31. The third-order valence-electron chi connectivity index (χ3n) is 5.11. The molecule has 0 aromatic rings. The van der Waals surface area contributed by atoms with E-state index in [-0.39, 0.29) is 30.4 Å². The molecule has 3 fully saturated rings. The smallest absolute Gasteiger partial charge is 0.325 e. The molecule has 4 amide bonds. The average Bonchev–Trinajstić information content (AvgIpc) is 3.03. The summed E-state index contributed by atoms with van der Waals surface area (Å²) < 4.78 is 0. The maximum atomic E-state index is 12.5. The topological polar surface area (TPSA) is 90.5 Å². The average molecular weight is 308 g/mol. The van der Waals surface area contributed by atoms with Gasteiger partial charge in [-0.05, 0) is 39.2 Å². The van der Waals surface area contributed by atoms with E-state index in [1.807, 2.05) is 6.92 Å². The minimum atomic E-state index is -0.739. The summed E-state index contributed by atoms with van der Waals surface area (Å²) in [7, 11) is 0. The lowest BCUT2D eigenvalue weighted by atomic mass is 9.98. The molecule has 22 heavy (non-hydrogen) atoms. The molecule has 0 radical (unpaired) electrons. The Labute approximate surface area is 130 Å². The number of amides is 4. The van der Waals surface area contributed by atoms with Crippen molar-refractivity contribution in [3.63, 3.8) is 0 Å². The third kappa shape index (κ3) is 2.69. The van der Waals surface area contributed by atoms with E-state index in [4.69, 9.17) is 0 Å². The van der Waals surface area contributed by atoms with Gasteiger partial charge in [-0.15, -0.1) is 0 Å². The Morgan fingerprint density at radius 2 is 2.05 bits per heavy atom. The van der Waals surface area contributed by atoms with Gasteiger partial charge < -0.3 is 16.0 Å². The van der Waals surface area contributed by atoms with E-state index in [1.165, 1.54) is 0 Å². The van der Waals surface area contributed by atoms with Crippen LogP contribution in [0.3, 0.4) is 0 Å². The molecule has 0 aromatic heterocycles. The van der Waals surface area contributed by atoms with Crippen LogP contribution in [0.1, 0.15) is 45.4 Å². The molecule has 0 aromatic carbocycles. The third-order valence-corrected chi connectivity index (χ3v) is 5.11. The zero-order valence-corrected chi connectivity index (χ0v) is 13.0. The van der Waals surface area contributed by atoms with Crippen molar-refractivity contribution in [1.29, 1.82) is 0 Å². The molecule has 0 bridgehead atoms. The normalized spacial score (nSPS) is 30.7. The van der Waals surface area contributed by atoms with Crippen molar-refractivity contribution in [3.8, 4) is 0 Å². The predicted molar refractivity (Wildman–Crippen MR) is 80.1 cm³/mol. The molecule has 7 heteroatoms. The number of piperidine rings is 1. The molecule has 2 heterocycles. The van der Waals surface area contributed by atoms with Crippen molar-refractivity contribution in [3.05, 3.63) is 0 Å². The number of nitrogens with one attached hydrogen (secondary N) is 3. The Hall–Kier alpha value is -1.63. The lowest BCUT2D eigenvalue weighted by molar-refractivity contribution is -0.135. The lowest BCUT2D eigenvalue weighted by Crippen LogP contribution is -2.54. The number of rotatable bonds is 3. The quantitative estimate of drug-likeness (QED) is 0.645. The molecule has 2 unspecified atom stereocenters. The van der Waals surface area contributed by atoms with Crippen molar-refractivity contribution in [2.45, 2.75) is 63.1 Å². The van der Waals surface area contributed by atoms with Gasteiger partial charge in [0.25, 0.3) is 5.91 Å². The van der Waals surface area contributed by atoms with Crippen LogP contribution in [-0.2, 0) is 9.59 Å². The molecular formula is C15H24N4O3. The number of hydrogen-bond donors (Lipinski definition) is 3. The largest absolute Gasteiger partial charge is 0.350 e. The van der Waals surface area contributed by atoms with Gasteiger partial charge in [-0.3, -0.25) is 14.5 Å². The summed E-state index contributed by atoms with van der Waals surface area (Å²) in [6, 6.07) is -0.165. The fourth-order valence-electron chi connectivity index (χ4n) is 3.77. The summed E-state index contributed by atoms with van der Waals surface area (Å²) in [5, 5.41) is 9.05. The number of carbonyl (C=O) groups excluding carboxylic acids is 3. The van der Waals surface area contributed by atoms with Crippen LogP contribution in [0, 0.1) is 0 Å². The first kappa shape index (κ1) is 15.3. The summed E-state index contributed by atoms with van der Waals surface area (Å²) >= 11 is 0. The Morgan fingerprint density at radius 1 is 1.32 bits per heavy atom. The first-order chi connectivity index (χ1) is 10.5. The summed E-state index contributed by atoms with van der Waals surface area (Å²) in [5.74, 6) is -0.501. The van der Waals surface area contributed by atoms with E-state index >= 15 is 0 Å². The van der Waals surface area contributed by atoms with Gasteiger partial charge in [0.05, 0.1) is 0 Å². The molecule has 3 aliphatic rings. The Kier molecular flexibility index (Phi) is 4.08. The first-order valence-corrected chi connectivity index (χ1v) is 8.19. The minimum Gasteiger partial charge on any atom is -0.350 e.